The summed E-state index contributed by atoms with van der Waals surface area (Å²) in [6.07, 6.45) is 0. The van der Waals surface area contributed by atoms with Crippen molar-refractivity contribution in [2.75, 3.05) is 20.6 Å². The molecule has 0 N–H and O–H groups in total. The molecule has 0 amide bonds. The van der Waals surface area contributed by atoms with Gasteiger partial charge in [0, 0.05) is 6.54 Å². The Bertz CT molecular complexity index is 483. The molecule has 2 rings (SSSR count). The Morgan fingerprint density at radius 1 is 0.750 bits per heavy atom. The largest absolute Gasteiger partial charge is 0.490 e. The van der Waals surface area contributed by atoms with Crippen LogP contribution in [0, 0.1) is 0 Å². The topological polar surface area (TPSA) is 40.2 Å². The summed E-state index contributed by atoms with van der Waals surface area (Å²) in [6.45, 7) is 17.2. The van der Waals surface area contributed by atoms with Crippen LogP contribution in [0.4, 0.5) is 0 Å². The summed E-state index contributed by atoms with van der Waals surface area (Å²) in [5, 5.41) is 0. The second kappa shape index (κ2) is 6.13. The Balaban J connectivity index is 2.25. The van der Waals surface area contributed by atoms with Gasteiger partial charge in [-0.15, -0.1) is 0 Å². The fourth-order valence-corrected chi connectivity index (χ4v) is 2.70. The summed E-state index contributed by atoms with van der Waals surface area (Å²) in [5.41, 5.74) is -0.407. The molecule has 2 aliphatic heterocycles. The van der Waals surface area contributed by atoms with Crippen molar-refractivity contribution in [1.29, 1.82) is 0 Å². The summed E-state index contributed by atoms with van der Waals surface area (Å²) >= 11 is 0. The molecule has 0 radical (unpaired) electrons. The Kier molecular flexibility index (Phi) is 5.11. The van der Waals surface area contributed by atoms with Crippen LogP contribution in [0.2, 0.25) is 0 Å². The lowest BCUT2D eigenvalue weighted by atomic mass is 9.71. The van der Waals surface area contributed by atoms with E-state index >= 15 is 0 Å². The highest BCUT2D eigenvalue weighted by atomic mass is 16.7. The van der Waals surface area contributed by atoms with Crippen LogP contribution in [0.15, 0.2) is 11.4 Å². The van der Waals surface area contributed by atoms with E-state index < -0.39 is 14.2 Å². The molecule has 0 aromatic carbocycles. The zero-order valence-electron chi connectivity index (χ0n) is 17.0. The molecule has 0 aromatic rings. The normalized spacial score (nSPS) is 28.0. The number of rotatable bonds is 4. The van der Waals surface area contributed by atoms with Gasteiger partial charge in [0.25, 0.3) is 0 Å². The molecular formula is C17H33B2NO4. The predicted octanol–water partition coefficient (Wildman–Crippen LogP) is 2.74. The second-order valence-corrected chi connectivity index (χ2v) is 9.19. The minimum absolute atomic E-state index is 0.354. The summed E-state index contributed by atoms with van der Waals surface area (Å²) < 4.78 is 24.6. The maximum absolute atomic E-state index is 6.21. The molecule has 0 unspecified atom stereocenters. The smallest absolute Gasteiger partial charge is 0.400 e. The third kappa shape index (κ3) is 3.75. The summed E-state index contributed by atoms with van der Waals surface area (Å²) in [4.78, 5) is 2.10. The first-order valence-electron chi connectivity index (χ1n) is 8.73. The van der Waals surface area contributed by atoms with E-state index in [1.807, 2.05) is 20.1 Å². The molecule has 5 nitrogen and oxygen atoms in total. The Labute approximate surface area is 148 Å². The third-order valence-electron chi connectivity index (χ3n) is 5.68. The highest BCUT2D eigenvalue weighted by Crippen LogP contribution is 2.40. The van der Waals surface area contributed by atoms with Gasteiger partial charge in [-0.3, -0.25) is 0 Å². The average Bonchev–Trinajstić information content (AvgIpc) is 2.67. The van der Waals surface area contributed by atoms with E-state index in [1.165, 1.54) is 0 Å². The first-order valence-corrected chi connectivity index (χ1v) is 8.73. The fourth-order valence-electron chi connectivity index (χ4n) is 2.70. The molecule has 0 spiro atoms. The lowest BCUT2D eigenvalue weighted by Crippen LogP contribution is -2.41. The molecule has 136 valence electrons. The van der Waals surface area contributed by atoms with Gasteiger partial charge in [0.1, 0.15) is 0 Å². The van der Waals surface area contributed by atoms with Crippen molar-refractivity contribution in [3.63, 3.8) is 0 Å². The van der Waals surface area contributed by atoms with E-state index in [9.17, 15) is 0 Å². The van der Waals surface area contributed by atoms with Crippen molar-refractivity contribution in [1.82, 2.24) is 4.90 Å². The van der Waals surface area contributed by atoms with Crippen LogP contribution >= 0.6 is 0 Å². The van der Waals surface area contributed by atoms with Crippen molar-refractivity contribution >= 4 is 14.2 Å². The van der Waals surface area contributed by atoms with Gasteiger partial charge in [-0.1, -0.05) is 5.98 Å². The van der Waals surface area contributed by atoms with Gasteiger partial charge in [-0.05, 0) is 75.0 Å². The van der Waals surface area contributed by atoms with Gasteiger partial charge >= 0.3 is 14.2 Å². The zero-order valence-corrected chi connectivity index (χ0v) is 17.0. The van der Waals surface area contributed by atoms with Crippen LogP contribution in [0.3, 0.4) is 0 Å². The quantitative estimate of drug-likeness (QED) is 0.738. The van der Waals surface area contributed by atoms with Crippen LogP contribution in [-0.2, 0) is 18.6 Å². The van der Waals surface area contributed by atoms with Crippen LogP contribution in [0.25, 0.3) is 0 Å². The summed E-state index contributed by atoms with van der Waals surface area (Å²) in [7, 11) is 3.27. The molecule has 0 saturated carbocycles. The molecule has 2 aliphatic rings. The molecule has 2 fully saturated rings. The highest BCUT2D eigenvalue weighted by molar-refractivity contribution is 6.60. The van der Waals surface area contributed by atoms with Crippen LogP contribution in [0.1, 0.15) is 55.4 Å². The van der Waals surface area contributed by atoms with Crippen LogP contribution in [0.5, 0.6) is 0 Å². The van der Waals surface area contributed by atoms with Crippen molar-refractivity contribution in [3.8, 4) is 0 Å². The van der Waals surface area contributed by atoms with E-state index in [-0.39, 0.29) is 22.4 Å². The molecule has 7 heteroatoms. The SMILES string of the molecule is CN(C)C/C(=C/B1OC(C)(C)C(C)(C)O1)B1OC(C)(C)C(C)(C)O1. The minimum atomic E-state index is -0.399. The molecule has 24 heavy (non-hydrogen) atoms. The lowest BCUT2D eigenvalue weighted by Gasteiger charge is -2.32. The maximum atomic E-state index is 6.21. The van der Waals surface area contributed by atoms with Gasteiger partial charge in [0.15, 0.2) is 0 Å². The lowest BCUT2D eigenvalue weighted by molar-refractivity contribution is 0.00578. The minimum Gasteiger partial charge on any atom is -0.400 e. The third-order valence-corrected chi connectivity index (χ3v) is 5.68. The van der Waals surface area contributed by atoms with Crippen molar-refractivity contribution < 1.29 is 18.6 Å². The number of hydrogen-bond donors (Lipinski definition) is 0. The van der Waals surface area contributed by atoms with E-state index in [0.29, 0.717) is 0 Å². The summed E-state index contributed by atoms with van der Waals surface area (Å²) in [5.74, 6) is 2.01. The fraction of sp³-hybridized carbons (Fsp3) is 0.882. The maximum Gasteiger partial charge on any atom is 0.490 e. The first-order chi connectivity index (χ1) is 10.7. The van der Waals surface area contributed by atoms with Crippen molar-refractivity contribution in [2.45, 2.75) is 77.8 Å². The highest BCUT2D eigenvalue weighted by Gasteiger charge is 2.54. The molecule has 0 aliphatic carbocycles. The Hall–Kier alpha value is -0.330. The van der Waals surface area contributed by atoms with Gasteiger partial charge in [-0.2, -0.15) is 0 Å². The standard InChI is InChI=1S/C17H33B2NO4/c1-14(2)15(3,4)22-18(21-14)11-13(12-20(9)10)19-23-16(5,6)17(7,8)24-19/h11H,12H2,1-10H3/b13-11-. The van der Waals surface area contributed by atoms with Gasteiger partial charge < -0.3 is 23.5 Å². The van der Waals surface area contributed by atoms with E-state index in [0.717, 1.165) is 12.0 Å². The number of likely N-dealkylation sites (N-methyl/N-ethyl adjacent to an activating group) is 1. The predicted molar refractivity (Wildman–Crippen MR) is 98.8 cm³/mol. The molecule has 0 bridgehead atoms. The van der Waals surface area contributed by atoms with Gasteiger partial charge in [0.05, 0.1) is 22.4 Å². The molecule has 0 aromatic heterocycles. The van der Waals surface area contributed by atoms with E-state index in [2.05, 4.69) is 60.3 Å². The van der Waals surface area contributed by atoms with Crippen LogP contribution < -0.4 is 0 Å². The average molecular weight is 337 g/mol. The summed E-state index contributed by atoms with van der Waals surface area (Å²) in [6, 6.07) is 0. The monoisotopic (exact) mass is 337 g/mol. The van der Waals surface area contributed by atoms with E-state index in [4.69, 9.17) is 18.6 Å². The number of hydrogen-bond acceptors (Lipinski definition) is 5. The Morgan fingerprint density at radius 2 is 1.12 bits per heavy atom. The molecule has 0 atom stereocenters. The molecular weight excluding hydrogens is 304 g/mol. The van der Waals surface area contributed by atoms with Crippen LogP contribution in [-0.4, -0.2) is 62.2 Å². The van der Waals surface area contributed by atoms with Crippen molar-refractivity contribution in [2.24, 2.45) is 0 Å². The molecule has 2 heterocycles. The van der Waals surface area contributed by atoms with Crippen molar-refractivity contribution in [3.05, 3.63) is 11.4 Å². The first kappa shape index (κ1) is 20.0. The Morgan fingerprint density at radius 3 is 1.50 bits per heavy atom. The molecule has 2 saturated heterocycles. The second-order valence-electron chi connectivity index (χ2n) is 9.19. The van der Waals surface area contributed by atoms with Gasteiger partial charge in [0.2, 0.25) is 0 Å². The zero-order chi connectivity index (χ0) is 18.6. The number of nitrogens with zero attached hydrogens (tertiary/aromatic N) is 1. The van der Waals surface area contributed by atoms with Gasteiger partial charge in [-0.25, -0.2) is 0 Å². The van der Waals surface area contributed by atoms with E-state index in [1.54, 1.807) is 0 Å².